The minimum absolute atomic E-state index is 0.944. The lowest BCUT2D eigenvalue weighted by atomic mass is 10.2. The minimum atomic E-state index is 0.944. The van der Waals surface area contributed by atoms with Gasteiger partial charge in [0.15, 0.2) is 0 Å². The van der Waals surface area contributed by atoms with Crippen LogP contribution in [0, 0.1) is 0 Å². The Kier molecular flexibility index (Phi) is 4.88. The fraction of sp³-hybridized carbons (Fsp3) is 0.400. The van der Waals surface area contributed by atoms with Crippen molar-refractivity contribution in [2.75, 3.05) is 7.11 Å². The van der Waals surface area contributed by atoms with Gasteiger partial charge >= 0.3 is 0 Å². The van der Waals surface area contributed by atoms with Gasteiger partial charge in [-0.05, 0) is 25.3 Å². The van der Waals surface area contributed by atoms with E-state index in [4.69, 9.17) is 4.74 Å². The zero-order chi connectivity index (χ0) is 12.8. The van der Waals surface area contributed by atoms with Gasteiger partial charge < -0.3 is 4.74 Å². The van der Waals surface area contributed by atoms with Gasteiger partial charge in [-0.1, -0.05) is 42.1 Å². The summed E-state index contributed by atoms with van der Waals surface area (Å²) in [6, 6.07) is 10.5. The first-order valence-corrected chi connectivity index (χ1v) is 7.26. The Morgan fingerprint density at radius 1 is 1.22 bits per heavy atom. The van der Waals surface area contributed by atoms with E-state index in [2.05, 4.69) is 36.2 Å². The molecule has 1 aliphatic heterocycles. The summed E-state index contributed by atoms with van der Waals surface area (Å²) in [6.07, 6.45) is 3.20. The van der Waals surface area contributed by atoms with E-state index in [-0.39, 0.29) is 0 Å². The van der Waals surface area contributed by atoms with Gasteiger partial charge in [-0.3, -0.25) is 0 Å². The molecule has 0 aliphatic carbocycles. The van der Waals surface area contributed by atoms with Gasteiger partial charge in [0.1, 0.15) is 10.8 Å². The summed E-state index contributed by atoms with van der Waals surface area (Å²) < 4.78 is 5.47. The van der Waals surface area contributed by atoms with Crippen LogP contribution in [0.3, 0.4) is 0 Å². The molecule has 1 aliphatic rings. The van der Waals surface area contributed by atoms with E-state index >= 15 is 0 Å². The van der Waals surface area contributed by atoms with Crippen LogP contribution in [0.1, 0.15) is 31.7 Å². The maximum atomic E-state index is 5.47. The Hall–Kier alpha value is -1.22. The molecule has 0 aromatic heterocycles. The molecule has 1 aromatic carbocycles. The van der Waals surface area contributed by atoms with Crippen LogP contribution < -0.4 is 0 Å². The third kappa shape index (κ3) is 3.64. The summed E-state index contributed by atoms with van der Waals surface area (Å²) in [6.45, 7) is 2.10. The molecule has 0 spiro atoms. The molecule has 3 heteroatoms. The monoisotopic (exact) mass is 261 g/mol. The normalized spacial score (nSPS) is 16.2. The number of rotatable bonds is 4. The number of ether oxygens (including phenoxy) is 1. The van der Waals surface area contributed by atoms with E-state index in [0.717, 1.165) is 35.8 Å². The molecule has 96 valence electrons. The zero-order valence-corrected chi connectivity index (χ0v) is 11.8. The van der Waals surface area contributed by atoms with Crippen LogP contribution in [-0.4, -0.2) is 12.8 Å². The first-order valence-electron chi connectivity index (χ1n) is 6.27. The van der Waals surface area contributed by atoms with Crippen LogP contribution in [0.15, 0.2) is 46.1 Å². The smallest absolute Gasteiger partial charge is 0.134 e. The van der Waals surface area contributed by atoms with Crippen LogP contribution >= 0.6 is 11.8 Å². The topological polar surface area (TPSA) is 21.6 Å². The van der Waals surface area contributed by atoms with Crippen LogP contribution in [0.25, 0.3) is 0 Å². The lowest BCUT2D eigenvalue weighted by molar-refractivity contribution is 0.274. The third-order valence-corrected chi connectivity index (χ3v) is 4.01. The molecule has 0 bridgehead atoms. The molecular weight excluding hydrogens is 242 g/mol. The summed E-state index contributed by atoms with van der Waals surface area (Å²) in [5, 5.41) is 1.05. The Morgan fingerprint density at radius 2 is 2.00 bits per heavy atom. The summed E-state index contributed by atoms with van der Waals surface area (Å²) in [7, 11) is 1.74. The van der Waals surface area contributed by atoms with Crippen LogP contribution in [0.2, 0.25) is 0 Å². The van der Waals surface area contributed by atoms with Gasteiger partial charge in [0.05, 0.1) is 7.11 Å². The molecule has 2 nitrogen and oxygen atoms in total. The molecule has 0 atom stereocenters. The second-order valence-corrected chi connectivity index (χ2v) is 5.37. The largest absolute Gasteiger partial charge is 0.498 e. The van der Waals surface area contributed by atoms with Crippen LogP contribution in [0.5, 0.6) is 0 Å². The van der Waals surface area contributed by atoms with Gasteiger partial charge in [-0.15, -0.1) is 0 Å². The first kappa shape index (κ1) is 13.2. The Bertz CT molecular complexity index is 451. The van der Waals surface area contributed by atoms with E-state index in [9.17, 15) is 0 Å². The summed E-state index contributed by atoms with van der Waals surface area (Å²) in [4.78, 5) is 4.68. The van der Waals surface area contributed by atoms with Crippen molar-refractivity contribution < 1.29 is 4.74 Å². The van der Waals surface area contributed by atoms with Crippen molar-refractivity contribution in [1.82, 2.24) is 0 Å². The molecule has 0 fully saturated rings. The number of aliphatic imine (C=N–C) groups is 1. The van der Waals surface area contributed by atoms with Crippen molar-refractivity contribution in [2.24, 2.45) is 4.99 Å². The molecule has 2 rings (SSSR count). The molecule has 0 amide bonds. The lowest BCUT2D eigenvalue weighted by Gasteiger charge is -2.08. The first-order chi connectivity index (χ1) is 8.79. The summed E-state index contributed by atoms with van der Waals surface area (Å²) in [5.74, 6) is 1.98. The van der Waals surface area contributed by atoms with Gasteiger partial charge in [0.25, 0.3) is 0 Å². The Labute approximate surface area is 113 Å². The quantitative estimate of drug-likeness (QED) is 0.802. The van der Waals surface area contributed by atoms with Gasteiger partial charge in [0.2, 0.25) is 0 Å². The number of hydrogen-bond acceptors (Lipinski definition) is 3. The number of allylic oxidation sites excluding steroid dienone is 1. The van der Waals surface area contributed by atoms with Gasteiger partial charge in [-0.25, -0.2) is 4.99 Å². The molecule has 0 saturated heterocycles. The van der Waals surface area contributed by atoms with Crippen molar-refractivity contribution in [3.05, 3.63) is 46.7 Å². The molecule has 0 radical (unpaired) electrons. The molecule has 18 heavy (non-hydrogen) atoms. The molecule has 0 unspecified atom stereocenters. The highest BCUT2D eigenvalue weighted by Gasteiger charge is 2.12. The number of hydrogen-bond donors (Lipinski definition) is 0. The third-order valence-electron chi connectivity index (χ3n) is 2.94. The van der Waals surface area contributed by atoms with Crippen molar-refractivity contribution in [3.8, 4) is 0 Å². The van der Waals surface area contributed by atoms with Gasteiger partial charge in [-0.2, -0.15) is 0 Å². The minimum Gasteiger partial charge on any atom is -0.498 e. The summed E-state index contributed by atoms with van der Waals surface area (Å²) >= 11 is 1.77. The van der Waals surface area contributed by atoms with Crippen LogP contribution in [0.4, 0.5) is 0 Å². The SMILES string of the molecule is COC1=C(SCc2ccccc2)N=C(C)CCC1. The second-order valence-electron chi connectivity index (χ2n) is 4.41. The molecular formula is C15H19NOS. The fourth-order valence-electron chi connectivity index (χ4n) is 1.93. The predicted molar refractivity (Wildman–Crippen MR) is 78.7 cm³/mol. The average Bonchev–Trinajstić information content (AvgIpc) is 2.58. The highest BCUT2D eigenvalue weighted by atomic mass is 32.2. The number of nitrogens with zero attached hydrogens (tertiary/aromatic N) is 1. The molecule has 0 N–H and O–H groups in total. The number of methoxy groups -OCH3 is 1. The van der Waals surface area contributed by atoms with E-state index in [0.29, 0.717) is 0 Å². The van der Waals surface area contributed by atoms with Crippen molar-refractivity contribution in [2.45, 2.75) is 31.9 Å². The van der Waals surface area contributed by atoms with E-state index in [1.54, 1.807) is 18.9 Å². The average molecular weight is 261 g/mol. The molecule has 0 saturated carbocycles. The highest BCUT2D eigenvalue weighted by Crippen LogP contribution is 2.30. The fourth-order valence-corrected chi connectivity index (χ4v) is 2.99. The van der Waals surface area contributed by atoms with Gasteiger partial charge in [0, 0.05) is 17.9 Å². The highest BCUT2D eigenvalue weighted by molar-refractivity contribution is 8.02. The molecule has 1 heterocycles. The predicted octanol–water partition coefficient (Wildman–Crippen LogP) is 4.38. The number of benzene rings is 1. The van der Waals surface area contributed by atoms with Crippen molar-refractivity contribution in [1.29, 1.82) is 0 Å². The van der Waals surface area contributed by atoms with Crippen molar-refractivity contribution >= 4 is 17.5 Å². The second kappa shape index (κ2) is 6.64. The van der Waals surface area contributed by atoms with E-state index < -0.39 is 0 Å². The Morgan fingerprint density at radius 3 is 2.72 bits per heavy atom. The standard InChI is InChI=1S/C15H19NOS/c1-12-7-6-10-14(17-2)15(16-12)18-11-13-8-4-3-5-9-13/h3-5,8-9H,6-7,10-11H2,1-2H3. The summed E-state index contributed by atoms with van der Waals surface area (Å²) in [5.41, 5.74) is 2.53. The molecule has 1 aromatic rings. The van der Waals surface area contributed by atoms with Crippen molar-refractivity contribution in [3.63, 3.8) is 0 Å². The maximum absolute atomic E-state index is 5.47. The van der Waals surface area contributed by atoms with Crippen LogP contribution in [-0.2, 0) is 10.5 Å². The number of thioether (sulfide) groups is 1. The zero-order valence-electron chi connectivity index (χ0n) is 11.0. The van der Waals surface area contributed by atoms with E-state index in [1.165, 1.54) is 11.3 Å². The Balaban J connectivity index is 2.09. The van der Waals surface area contributed by atoms with E-state index in [1.807, 2.05) is 6.07 Å². The maximum Gasteiger partial charge on any atom is 0.134 e. The lowest BCUT2D eigenvalue weighted by Crippen LogP contribution is -1.90.